The summed E-state index contributed by atoms with van der Waals surface area (Å²) in [6.07, 6.45) is 44.6. The molecule has 0 aliphatic rings. The van der Waals surface area contributed by atoms with E-state index in [2.05, 4.69) is 43.5 Å². The van der Waals surface area contributed by atoms with Crippen molar-refractivity contribution in [1.29, 1.82) is 0 Å². The minimum atomic E-state index is -4.56. The normalized spacial score (nSPS) is 14.5. The van der Waals surface area contributed by atoms with E-state index in [1.165, 1.54) is 135 Å². The van der Waals surface area contributed by atoms with Crippen molar-refractivity contribution < 1.29 is 32.9 Å². The first-order valence-electron chi connectivity index (χ1n) is 23.2. The van der Waals surface area contributed by atoms with Crippen molar-refractivity contribution in [3.63, 3.8) is 0 Å². The zero-order valence-corrected chi connectivity index (χ0v) is 37.8. The number of likely N-dealkylation sites (N-methyl/N-ethyl adjacent to an activating group) is 1. The van der Waals surface area contributed by atoms with Gasteiger partial charge in [0.15, 0.2) is 0 Å². The second-order valence-corrected chi connectivity index (χ2v) is 18.5. The highest BCUT2D eigenvalue weighted by Gasteiger charge is 2.24. The van der Waals surface area contributed by atoms with Crippen LogP contribution < -0.4 is 10.2 Å². The van der Waals surface area contributed by atoms with E-state index in [9.17, 15) is 19.4 Å². The van der Waals surface area contributed by atoms with Crippen LogP contribution in [-0.2, 0) is 18.4 Å². The Morgan fingerprint density at radius 2 is 1.05 bits per heavy atom. The fraction of sp³-hybridized carbons (Fsp3) is 0.891. The van der Waals surface area contributed by atoms with Gasteiger partial charge in [-0.1, -0.05) is 186 Å². The lowest BCUT2D eigenvalue weighted by Gasteiger charge is -2.30. The third-order valence-corrected chi connectivity index (χ3v) is 11.4. The number of nitrogens with one attached hydrogen (secondary N) is 1. The van der Waals surface area contributed by atoms with E-state index >= 15 is 0 Å². The Morgan fingerprint density at radius 1 is 0.636 bits per heavy atom. The molecule has 0 aliphatic carbocycles. The molecule has 0 fully saturated rings. The third-order valence-electron chi connectivity index (χ3n) is 10.4. The van der Waals surface area contributed by atoms with Crippen LogP contribution in [0.4, 0.5) is 0 Å². The van der Waals surface area contributed by atoms with Crippen LogP contribution in [0.15, 0.2) is 24.3 Å². The largest absolute Gasteiger partial charge is 0.756 e. The molecule has 0 bridgehead atoms. The van der Waals surface area contributed by atoms with E-state index in [0.717, 1.165) is 51.4 Å². The Balaban J connectivity index is 4.35. The molecule has 9 heteroatoms. The van der Waals surface area contributed by atoms with Crippen molar-refractivity contribution in [1.82, 2.24) is 5.32 Å². The molecule has 3 atom stereocenters. The molecule has 0 aromatic rings. The number of amides is 1. The maximum Gasteiger partial charge on any atom is 0.268 e. The molecule has 0 aromatic heterocycles. The fourth-order valence-electron chi connectivity index (χ4n) is 6.72. The summed E-state index contributed by atoms with van der Waals surface area (Å²) in [5.74, 6) is -0.172. The Hall–Kier alpha value is -1.02. The molecule has 0 spiro atoms. The molecule has 2 N–H and O–H groups in total. The molecule has 55 heavy (non-hydrogen) atoms. The molecule has 0 rings (SSSR count). The van der Waals surface area contributed by atoms with Crippen LogP contribution in [-0.4, -0.2) is 68.5 Å². The van der Waals surface area contributed by atoms with E-state index in [0.29, 0.717) is 23.9 Å². The van der Waals surface area contributed by atoms with Gasteiger partial charge in [0.2, 0.25) is 5.91 Å². The van der Waals surface area contributed by atoms with E-state index < -0.39 is 20.0 Å². The van der Waals surface area contributed by atoms with Crippen molar-refractivity contribution >= 4 is 13.7 Å². The summed E-state index contributed by atoms with van der Waals surface area (Å²) < 4.78 is 23.3. The summed E-state index contributed by atoms with van der Waals surface area (Å²) >= 11 is 0. The van der Waals surface area contributed by atoms with Crippen LogP contribution in [0.1, 0.15) is 213 Å². The number of phosphoric acid groups is 1. The lowest BCUT2D eigenvalue weighted by molar-refractivity contribution is -0.870. The van der Waals surface area contributed by atoms with Gasteiger partial charge in [0.05, 0.1) is 39.9 Å². The number of unbranched alkanes of at least 4 members (excludes halogenated alkanes) is 25. The lowest BCUT2D eigenvalue weighted by atomic mass is 10.0. The van der Waals surface area contributed by atoms with Crippen molar-refractivity contribution in [2.45, 2.75) is 225 Å². The summed E-state index contributed by atoms with van der Waals surface area (Å²) in [4.78, 5) is 25.3. The van der Waals surface area contributed by atoms with Crippen molar-refractivity contribution in [2.24, 2.45) is 0 Å². The predicted molar refractivity (Wildman–Crippen MR) is 233 cm³/mol. The van der Waals surface area contributed by atoms with Crippen molar-refractivity contribution in [3.8, 4) is 0 Å². The molecule has 8 nitrogen and oxygen atoms in total. The quantitative estimate of drug-likeness (QED) is 0.0276. The van der Waals surface area contributed by atoms with Crippen LogP contribution in [0.25, 0.3) is 0 Å². The number of quaternary nitrogens is 1. The second-order valence-electron chi connectivity index (χ2n) is 17.1. The highest BCUT2D eigenvalue weighted by molar-refractivity contribution is 7.45. The highest BCUT2D eigenvalue weighted by atomic mass is 31.2. The zero-order valence-electron chi connectivity index (χ0n) is 36.9. The SMILES string of the molecule is CCCCC/C=C\C/C=C\CCCCCCCCCC(=O)NC(COP(=O)([O-])OCC[N+](C)(C)C)C(O)CCCCCCCCCCCCCCCCCC. The summed E-state index contributed by atoms with van der Waals surface area (Å²) in [5, 5.41) is 13.9. The number of allylic oxidation sites excluding steroid dienone is 4. The van der Waals surface area contributed by atoms with Gasteiger partial charge < -0.3 is 28.8 Å². The van der Waals surface area contributed by atoms with Gasteiger partial charge in [-0.15, -0.1) is 0 Å². The van der Waals surface area contributed by atoms with Gasteiger partial charge in [-0.2, -0.15) is 0 Å². The average Bonchev–Trinajstić information content (AvgIpc) is 3.13. The minimum absolute atomic E-state index is 0.0111. The number of hydrogen-bond acceptors (Lipinski definition) is 6. The lowest BCUT2D eigenvalue weighted by Crippen LogP contribution is -2.46. The number of rotatable bonds is 42. The number of phosphoric ester groups is 1. The number of nitrogens with zero attached hydrogens (tertiary/aromatic N) is 1. The topological polar surface area (TPSA) is 108 Å². The summed E-state index contributed by atoms with van der Waals surface area (Å²) in [6, 6.07) is -0.802. The number of hydrogen-bond donors (Lipinski definition) is 2. The highest BCUT2D eigenvalue weighted by Crippen LogP contribution is 2.38. The number of aliphatic hydroxyl groups excluding tert-OH is 1. The fourth-order valence-corrected chi connectivity index (χ4v) is 7.44. The van der Waals surface area contributed by atoms with Gasteiger partial charge in [0.1, 0.15) is 13.2 Å². The average molecular weight is 799 g/mol. The van der Waals surface area contributed by atoms with Gasteiger partial charge >= 0.3 is 0 Å². The Kier molecular flexibility index (Phi) is 37.8. The summed E-state index contributed by atoms with van der Waals surface area (Å²) in [6.45, 7) is 4.70. The maximum atomic E-state index is 12.9. The second kappa shape index (κ2) is 38.5. The summed E-state index contributed by atoms with van der Waals surface area (Å²) in [5.41, 5.74) is 0. The Bertz CT molecular complexity index is 953. The molecule has 0 heterocycles. The number of carbonyl (C=O) groups is 1. The number of aliphatic hydroxyl groups is 1. The van der Waals surface area contributed by atoms with Gasteiger partial charge in [-0.3, -0.25) is 9.36 Å². The van der Waals surface area contributed by atoms with E-state index in [4.69, 9.17) is 9.05 Å². The number of carbonyl (C=O) groups excluding carboxylic acids is 1. The van der Waals surface area contributed by atoms with E-state index in [1.807, 2.05) is 21.1 Å². The van der Waals surface area contributed by atoms with Gasteiger partial charge in [-0.25, -0.2) is 0 Å². The van der Waals surface area contributed by atoms with Crippen LogP contribution >= 0.6 is 7.82 Å². The molecule has 3 unspecified atom stereocenters. The molecule has 0 saturated heterocycles. The van der Waals surface area contributed by atoms with Gasteiger partial charge in [0.25, 0.3) is 7.82 Å². The van der Waals surface area contributed by atoms with Crippen molar-refractivity contribution in [3.05, 3.63) is 24.3 Å². The monoisotopic (exact) mass is 799 g/mol. The van der Waals surface area contributed by atoms with Crippen LogP contribution in [0.2, 0.25) is 0 Å². The molecule has 0 aliphatic heterocycles. The first-order valence-corrected chi connectivity index (χ1v) is 24.6. The molecule has 0 radical (unpaired) electrons. The maximum absolute atomic E-state index is 12.9. The summed E-state index contributed by atoms with van der Waals surface area (Å²) in [7, 11) is 1.30. The zero-order chi connectivity index (χ0) is 40.7. The first kappa shape index (κ1) is 54.0. The Morgan fingerprint density at radius 3 is 1.55 bits per heavy atom. The van der Waals surface area contributed by atoms with Gasteiger partial charge in [-0.05, 0) is 44.9 Å². The molecule has 0 saturated carbocycles. The molecular formula is C46H91N2O6P. The van der Waals surface area contributed by atoms with Crippen LogP contribution in [0.3, 0.4) is 0 Å². The molecule has 0 aromatic carbocycles. The van der Waals surface area contributed by atoms with E-state index in [1.54, 1.807) is 0 Å². The molecular weight excluding hydrogens is 707 g/mol. The van der Waals surface area contributed by atoms with Crippen molar-refractivity contribution in [2.75, 3.05) is 40.9 Å². The van der Waals surface area contributed by atoms with E-state index in [-0.39, 0.29) is 19.1 Å². The smallest absolute Gasteiger partial charge is 0.268 e. The minimum Gasteiger partial charge on any atom is -0.756 e. The third kappa shape index (κ3) is 41.0. The Labute approximate surface area is 341 Å². The van der Waals surface area contributed by atoms with Crippen LogP contribution in [0, 0.1) is 0 Å². The standard InChI is InChI=1S/C46H91N2O6P/c1-6-8-10-12-14-16-18-20-22-24-26-28-30-32-34-36-38-40-46(50)47-44(43-54-55(51,52)53-42-41-48(3,4)5)45(49)39-37-35-33-31-29-27-25-23-21-19-17-15-13-11-9-7-2/h14,16,20,22,44-45,49H,6-13,15,17-19,21,23-43H2,1-5H3,(H-,47,50,51,52)/b16-14-,22-20-. The van der Waals surface area contributed by atoms with Gasteiger partial charge in [0, 0.05) is 6.42 Å². The predicted octanol–water partition coefficient (Wildman–Crippen LogP) is 12.3. The molecule has 1 amide bonds. The molecule has 326 valence electrons. The first-order chi connectivity index (χ1) is 26.5. The van der Waals surface area contributed by atoms with Crippen LogP contribution in [0.5, 0.6) is 0 Å².